The van der Waals surface area contributed by atoms with Gasteiger partial charge in [-0.1, -0.05) is 19.3 Å². The van der Waals surface area contributed by atoms with E-state index in [0.717, 1.165) is 25.7 Å². The number of carbonyl (C=O) groups is 2. The SMILES string of the molecule is C/C(CC(=O)Nc1cccnc1)=N\NC(=O)C1CCCCC1. The Labute approximate surface area is 130 Å². The van der Waals surface area contributed by atoms with E-state index in [4.69, 9.17) is 0 Å². The molecule has 1 aliphatic rings. The molecule has 0 saturated heterocycles. The number of pyridine rings is 1. The Hall–Kier alpha value is -2.24. The molecule has 2 N–H and O–H groups in total. The smallest absolute Gasteiger partial charge is 0.243 e. The van der Waals surface area contributed by atoms with Gasteiger partial charge >= 0.3 is 0 Å². The van der Waals surface area contributed by atoms with Gasteiger partial charge in [0.05, 0.1) is 18.3 Å². The van der Waals surface area contributed by atoms with E-state index >= 15 is 0 Å². The molecule has 0 atom stereocenters. The summed E-state index contributed by atoms with van der Waals surface area (Å²) in [6.07, 6.45) is 8.64. The van der Waals surface area contributed by atoms with E-state index in [1.807, 2.05) is 0 Å². The van der Waals surface area contributed by atoms with Crippen molar-refractivity contribution in [2.75, 3.05) is 5.32 Å². The zero-order valence-electron chi connectivity index (χ0n) is 12.8. The fourth-order valence-corrected chi connectivity index (χ4v) is 2.52. The maximum Gasteiger partial charge on any atom is 0.243 e. The van der Waals surface area contributed by atoms with Crippen LogP contribution in [0.25, 0.3) is 0 Å². The van der Waals surface area contributed by atoms with Gasteiger partial charge < -0.3 is 5.32 Å². The van der Waals surface area contributed by atoms with Gasteiger partial charge in [0.25, 0.3) is 0 Å². The van der Waals surface area contributed by atoms with E-state index in [-0.39, 0.29) is 24.2 Å². The number of hydrogen-bond acceptors (Lipinski definition) is 4. The first-order valence-corrected chi connectivity index (χ1v) is 7.68. The molecule has 0 radical (unpaired) electrons. The van der Waals surface area contributed by atoms with Gasteiger partial charge in [0, 0.05) is 17.8 Å². The van der Waals surface area contributed by atoms with Gasteiger partial charge in [0.2, 0.25) is 11.8 Å². The lowest BCUT2D eigenvalue weighted by Gasteiger charge is -2.19. The third kappa shape index (κ3) is 5.27. The molecule has 0 bridgehead atoms. The minimum atomic E-state index is -0.179. The number of aromatic nitrogens is 1. The minimum Gasteiger partial charge on any atom is -0.324 e. The zero-order valence-corrected chi connectivity index (χ0v) is 12.8. The average molecular weight is 302 g/mol. The number of hydrogen-bond donors (Lipinski definition) is 2. The van der Waals surface area contributed by atoms with Crippen molar-refractivity contribution < 1.29 is 9.59 Å². The molecule has 1 aromatic rings. The lowest BCUT2D eigenvalue weighted by atomic mass is 9.89. The van der Waals surface area contributed by atoms with E-state index < -0.39 is 0 Å². The predicted molar refractivity (Wildman–Crippen MR) is 85.3 cm³/mol. The van der Waals surface area contributed by atoms with Crippen LogP contribution in [0, 0.1) is 5.92 Å². The number of nitrogens with one attached hydrogen (secondary N) is 2. The summed E-state index contributed by atoms with van der Waals surface area (Å²) in [7, 11) is 0. The second-order valence-corrected chi connectivity index (χ2v) is 5.62. The van der Waals surface area contributed by atoms with Crippen molar-refractivity contribution in [2.45, 2.75) is 45.4 Å². The van der Waals surface area contributed by atoms with Gasteiger partial charge in [-0.25, -0.2) is 5.43 Å². The van der Waals surface area contributed by atoms with E-state index in [0.29, 0.717) is 11.4 Å². The Bertz CT molecular complexity index is 536. The number of anilines is 1. The lowest BCUT2D eigenvalue weighted by molar-refractivity contribution is -0.126. The van der Waals surface area contributed by atoms with Crippen LogP contribution in [0.5, 0.6) is 0 Å². The van der Waals surface area contributed by atoms with Crippen molar-refractivity contribution in [1.29, 1.82) is 0 Å². The van der Waals surface area contributed by atoms with E-state index in [1.165, 1.54) is 6.42 Å². The number of rotatable bonds is 5. The fourth-order valence-electron chi connectivity index (χ4n) is 2.52. The quantitative estimate of drug-likeness (QED) is 0.647. The Morgan fingerprint density at radius 2 is 2.09 bits per heavy atom. The molecule has 118 valence electrons. The van der Waals surface area contributed by atoms with E-state index in [9.17, 15) is 9.59 Å². The summed E-state index contributed by atoms with van der Waals surface area (Å²) in [5.41, 5.74) is 3.80. The number of hydrazone groups is 1. The highest BCUT2D eigenvalue weighted by Gasteiger charge is 2.20. The first-order chi connectivity index (χ1) is 10.6. The summed E-state index contributed by atoms with van der Waals surface area (Å²) < 4.78 is 0. The number of amides is 2. The summed E-state index contributed by atoms with van der Waals surface area (Å²) in [5.74, 6) is -0.151. The summed E-state index contributed by atoms with van der Waals surface area (Å²) in [4.78, 5) is 27.7. The highest BCUT2D eigenvalue weighted by molar-refractivity contribution is 6.05. The van der Waals surface area contributed by atoms with Crippen LogP contribution in [-0.4, -0.2) is 22.5 Å². The van der Waals surface area contributed by atoms with E-state index in [1.54, 1.807) is 31.5 Å². The second kappa shape index (κ2) is 8.26. The molecule has 6 nitrogen and oxygen atoms in total. The van der Waals surface area contributed by atoms with Gasteiger partial charge in [0.1, 0.15) is 0 Å². The number of nitrogens with zero attached hydrogens (tertiary/aromatic N) is 2. The summed E-state index contributed by atoms with van der Waals surface area (Å²) >= 11 is 0. The van der Waals surface area contributed by atoms with Crippen LogP contribution in [0.3, 0.4) is 0 Å². The van der Waals surface area contributed by atoms with Crippen molar-refractivity contribution in [2.24, 2.45) is 11.0 Å². The second-order valence-electron chi connectivity index (χ2n) is 5.62. The molecule has 0 spiro atoms. The maximum atomic E-state index is 12.0. The lowest BCUT2D eigenvalue weighted by Crippen LogP contribution is -2.29. The molecular formula is C16H22N4O2. The van der Waals surface area contributed by atoms with Crippen molar-refractivity contribution in [1.82, 2.24) is 10.4 Å². The summed E-state index contributed by atoms with van der Waals surface area (Å²) in [5, 5.41) is 6.75. The van der Waals surface area contributed by atoms with Gasteiger partial charge in [0.15, 0.2) is 0 Å². The van der Waals surface area contributed by atoms with Crippen molar-refractivity contribution in [3.05, 3.63) is 24.5 Å². The minimum absolute atomic E-state index is 0.0354. The topological polar surface area (TPSA) is 83.4 Å². The highest BCUT2D eigenvalue weighted by atomic mass is 16.2. The molecule has 1 saturated carbocycles. The molecule has 6 heteroatoms. The Morgan fingerprint density at radius 3 is 2.77 bits per heavy atom. The molecule has 0 unspecified atom stereocenters. The summed E-state index contributed by atoms with van der Waals surface area (Å²) in [6, 6.07) is 3.52. The molecule has 0 aromatic carbocycles. The van der Waals surface area contributed by atoms with Crippen LogP contribution in [0.4, 0.5) is 5.69 Å². The molecule has 1 aliphatic carbocycles. The van der Waals surface area contributed by atoms with Gasteiger partial charge in [-0.15, -0.1) is 0 Å². The monoisotopic (exact) mass is 302 g/mol. The average Bonchev–Trinajstić information content (AvgIpc) is 2.54. The highest BCUT2D eigenvalue weighted by Crippen LogP contribution is 2.23. The first kappa shape index (κ1) is 16.1. The van der Waals surface area contributed by atoms with Gasteiger partial charge in [-0.05, 0) is 31.9 Å². The molecule has 1 heterocycles. The largest absolute Gasteiger partial charge is 0.324 e. The Kier molecular flexibility index (Phi) is 6.06. The fraction of sp³-hybridized carbons (Fsp3) is 0.500. The first-order valence-electron chi connectivity index (χ1n) is 7.68. The van der Waals surface area contributed by atoms with Crippen molar-refractivity contribution in [3.8, 4) is 0 Å². The van der Waals surface area contributed by atoms with Gasteiger partial charge in [-0.3, -0.25) is 14.6 Å². The normalized spacial score (nSPS) is 16.1. The Balaban J connectivity index is 1.77. The molecule has 2 amide bonds. The van der Waals surface area contributed by atoms with Crippen LogP contribution >= 0.6 is 0 Å². The van der Waals surface area contributed by atoms with Crippen molar-refractivity contribution in [3.63, 3.8) is 0 Å². The van der Waals surface area contributed by atoms with Crippen molar-refractivity contribution >= 4 is 23.2 Å². The van der Waals surface area contributed by atoms with Crippen LogP contribution in [0.1, 0.15) is 45.4 Å². The van der Waals surface area contributed by atoms with Crippen LogP contribution in [0.2, 0.25) is 0 Å². The molecule has 1 fully saturated rings. The van der Waals surface area contributed by atoms with E-state index in [2.05, 4.69) is 20.8 Å². The van der Waals surface area contributed by atoms with Crippen LogP contribution in [0.15, 0.2) is 29.6 Å². The zero-order chi connectivity index (χ0) is 15.8. The maximum absolute atomic E-state index is 12.0. The third-order valence-corrected chi connectivity index (χ3v) is 3.69. The van der Waals surface area contributed by atoms with Crippen LogP contribution in [-0.2, 0) is 9.59 Å². The molecule has 2 rings (SSSR count). The van der Waals surface area contributed by atoms with Gasteiger partial charge in [-0.2, -0.15) is 5.10 Å². The molecule has 1 aromatic heterocycles. The predicted octanol–water partition coefficient (Wildman–Crippen LogP) is 2.48. The molecular weight excluding hydrogens is 280 g/mol. The van der Waals surface area contributed by atoms with Crippen LogP contribution < -0.4 is 10.7 Å². The standard InChI is InChI=1S/C16H22N4O2/c1-12(10-15(21)18-14-8-5-9-17-11-14)19-20-16(22)13-6-3-2-4-7-13/h5,8-9,11,13H,2-4,6-7,10H2,1H3,(H,18,21)(H,20,22)/b19-12+. The third-order valence-electron chi connectivity index (χ3n) is 3.69. The number of carbonyl (C=O) groups excluding carboxylic acids is 2. The molecule has 0 aliphatic heterocycles. The molecule has 22 heavy (non-hydrogen) atoms. The Morgan fingerprint density at radius 1 is 1.32 bits per heavy atom. The summed E-state index contributed by atoms with van der Waals surface area (Å²) in [6.45, 7) is 1.73.